The van der Waals surface area contributed by atoms with Gasteiger partial charge in [0.25, 0.3) is 5.91 Å². The van der Waals surface area contributed by atoms with Gasteiger partial charge in [-0.15, -0.1) is 0 Å². The van der Waals surface area contributed by atoms with Gasteiger partial charge in [0.2, 0.25) is 0 Å². The number of aryl methyl sites for hydroxylation is 2. The molecule has 0 fully saturated rings. The zero-order chi connectivity index (χ0) is 15.0. The van der Waals surface area contributed by atoms with E-state index in [0.29, 0.717) is 5.56 Å². The smallest absolute Gasteiger partial charge is 0.251 e. The van der Waals surface area contributed by atoms with Gasteiger partial charge >= 0.3 is 0 Å². The van der Waals surface area contributed by atoms with Gasteiger partial charge in [0.15, 0.2) is 0 Å². The van der Waals surface area contributed by atoms with Crippen LogP contribution in [0.4, 0.5) is 0 Å². The van der Waals surface area contributed by atoms with Crippen LogP contribution in [0, 0.1) is 13.8 Å². The van der Waals surface area contributed by atoms with Gasteiger partial charge in [-0.05, 0) is 44.5 Å². The lowest BCUT2D eigenvalue weighted by Crippen LogP contribution is -2.27. The summed E-state index contributed by atoms with van der Waals surface area (Å²) in [5, 5.41) is 4.04. The van der Waals surface area contributed by atoms with Crippen LogP contribution in [0.15, 0.2) is 30.6 Å². The van der Waals surface area contributed by atoms with Gasteiger partial charge in [-0.3, -0.25) is 4.79 Å². The van der Waals surface area contributed by atoms with Crippen molar-refractivity contribution in [1.82, 2.24) is 20.3 Å². The number of fused-ring (bicyclic) bond motifs is 1. The zero-order valence-electron chi connectivity index (χ0n) is 12.3. The number of benzene rings is 1. The monoisotopic (exact) mass is 282 g/mol. The quantitative estimate of drug-likeness (QED) is 0.691. The Morgan fingerprint density at radius 2 is 2.14 bits per heavy atom. The van der Waals surface area contributed by atoms with E-state index in [9.17, 15) is 4.79 Å². The minimum atomic E-state index is -0.155. The van der Waals surface area contributed by atoms with Gasteiger partial charge in [-0.1, -0.05) is 0 Å². The molecule has 0 aliphatic rings. The summed E-state index contributed by atoms with van der Waals surface area (Å²) in [6.45, 7) is 6.00. The number of aromatic nitrogens is 3. The van der Waals surface area contributed by atoms with Crippen LogP contribution in [-0.4, -0.2) is 20.9 Å². The van der Waals surface area contributed by atoms with E-state index in [-0.39, 0.29) is 11.9 Å². The molecular formula is C16H18N4O. The molecule has 21 heavy (non-hydrogen) atoms. The number of aromatic amines is 2. The van der Waals surface area contributed by atoms with Crippen molar-refractivity contribution >= 4 is 16.8 Å². The first kappa shape index (κ1) is 13.4. The molecule has 5 nitrogen and oxygen atoms in total. The molecule has 0 aliphatic heterocycles. The lowest BCUT2D eigenvalue weighted by atomic mass is 10.1. The first-order valence-electron chi connectivity index (χ1n) is 6.95. The summed E-state index contributed by atoms with van der Waals surface area (Å²) in [7, 11) is 0. The number of amides is 1. The number of carbonyl (C=O) groups is 1. The fraction of sp³-hybridized carbons (Fsp3) is 0.250. The van der Waals surface area contributed by atoms with Crippen molar-refractivity contribution in [3.05, 3.63) is 53.2 Å². The Kier molecular flexibility index (Phi) is 3.25. The molecule has 0 bridgehead atoms. The molecule has 1 amide bonds. The van der Waals surface area contributed by atoms with Crippen LogP contribution in [0.1, 0.15) is 40.4 Å². The first-order chi connectivity index (χ1) is 10.1. The Balaban J connectivity index is 1.86. The molecule has 3 N–H and O–H groups in total. The third-order valence-electron chi connectivity index (χ3n) is 3.85. The number of rotatable bonds is 3. The van der Waals surface area contributed by atoms with E-state index in [1.807, 2.05) is 32.0 Å². The van der Waals surface area contributed by atoms with Gasteiger partial charge in [0.05, 0.1) is 6.04 Å². The second-order valence-corrected chi connectivity index (χ2v) is 5.30. The van der Waals surface area contributed by atoms with Crippen LogP contribution in [0.5, 0.6) is 0 Å². The molecule has 108 valence electrons. The predicted octanol–water partition coefficient (Wildman–Crippen LogP) is 3.00. The van der Waals surface area contributed by atoms with Crippen LogP contribution < -0.4 is 5.32 Å². The van der Waals surface area contributed by atoms with E-state index < -0.39 is 0 Å². The summed E-state index contributed by atoms with van der Waals surface area (Å²) in [6.07, 6.45) is 3.42. The molecule has 5 heteroatoms. The minimum absolute atomic E-state index is 0.0981. The largest absolute Gasteiger partial charge is 0.358 e. The average Bonchev–Trinajstić information content (AvgIpc) is 3.08. The molecule has 2 heterocycles. The van der Waals surface area contributed by atoms with Crippen molar-refractivity contribution in [3.8, 4) is 0 Å². The van der Waals surface area contributed by atoms with Gasteiger partial charge < -0.3 is 15.3 Å². The van der Waals surface area contributed by atoms with Crippen LogP contribution in [0.3, 0.4) is 0 Å². The third kappa shape index (κ3) is 2.42. The topological polar surface area (TPSA) is 73.6 Å². The maximum absolute atomic E-state index is 12.3. The molecule has 0 saturated carbocycles. The van der Waals surface area contributed by atoms with Crippen LogP contribution in [0.2, 0.25) is 0 Å². The van der Waals surface area contributed by atoms with Crippen molar-refractivity contribution < 1.29 is 4.79 Å². The van der Waals surface area contributed by atoms with Crippen LogP contribution in [-0.2, 0) is 0 Å². The maximum atomic E-state index is 12.3. The zero-order valence-corrected chi connectivity index (χ0v) is 12.3. The summed E-state index contributed by atoms with van der Waals surface area (Å²) in [6, 6.07) is 5.56. The van der Waals surface area contributed by atoms with Crippen LogP contribution in [0.25, 0.3) is 10.9 Å². The lowest BCUT2D eigenvalue weighted by Gasteiger charge is -2.11. The SMILES string of the molecule is Cc1[nH]c2ccc(C(=O)NC(C)c3ncc[nH]3)cc2c1C. The van der Waals surface area contributed by atoms with Crippen molar-refractivity contribution in [2.75, 3.05) is 0 Å². The number of imidazole rings is 1. The minimum Gasteiger partial charge on any atom is -0.358 e. The van der Waals surface area contributed by atoms with E-state index in [1.54, 1.807) is 12.4 Å². The molecule has 2 aromatic heterocycles. The molecular weight excluding hydrogens is 264 g/mol. The molecule has 1 unspecified atom stereocenters. The fourth-order valence-electron chi connectivity index (χ4n) is 2.47. The molecule has 3 aromatic rings. The van der Waals surface area contributed by atoms with Gasteiger partial charge in [-0.2, -0.15) is 0 Å². The molecule has 1 atom stereocenters. The number of H-pyrrole nitrogens is 2. The fourth-order valence-corrected chi connectivity index (χ4v) is 2.47. The molecule has 0 aliphatic carbocycles. The molecule has 0 radical (unpaired) electrons. The highest BCUT2D eigenvalue weighted by atomic mass is 16.1. The molecule has 0 saturated heterocycles. The summed E-state index contributed by atoms with van der Waals surface area (Å²) in [4.78, 5) is 22.8. The molecule has 0 spiro atoms. The van der Waals surface area contributed by atoms with Gasteiger partial charge in [-0.25, -0.2) is 4.98 Å². The van der Waals surface area contributed by atoms with E-state index in [2.05, 4.69) is 27.2 Å². The Hall–Kier alpha value is -2.56. The summed E-state index contributed by atoms with van der Waals surface area (Å²) >= 11 is 0. The second kappa shape index (κ2) is 5.09. The van der Waals surface area contributed by atoms with Gasteiger partial charge in [0.1, 0.15) is 5.82 Å². The Morgan fingerprint density at radius 3 is 2.86 bits per heavy atom. The number of hydrogen-bond donors (Lipinski definition) is 3. The third-order valence-corrected chi connectivity index (χ3v) is 3.85. The number of nitrogens with one attached hydrogen (secondary N) is 3. The second-order valence-electron chi connectivity index (χ2n) is 5.30. The van der Waals surface area contributed by atoms with E-state index >= 15 is 0 Å². The van der Waals surface area contributed by atoms with Gasteiger partial charge in [0, 0.05) is 34.6 Å². The van der Waals surface area contributed by atoms with Crippen molar-refractivity contribution in [2.24, 2.45) is 0 Å². The Morgan fingerprint density at radius 1 is 1.33 bits per heavy atom. The average molecular weight is 282 g/mol. The summed E-state index contributed by atoms with van der Waals surface area (Å²) < 4.78 is 0. The summed E-state index contributed by atoms with van der Waals surface area (Å²) in [5.74, 6) is 0.650. The maximum Gasteiger partial charge on any atom is 0.251 e. The van der Waals surface area contributed by atoms with Crippen molar-refractivity contribution in [2.45, 2.75) is 26.8 Å². The van der Waals surface area contributed by atoms with Crippen molar-refractivity contribution in [3.63, 3.8) is 0 Å². The van der Waals surface area contributed by atoms with E-state index in [1.165, 1.54) is 5.56 Å². The van der Waals surface area contributed by atoms with Crippen LogP contribution >= 0.6 is 0 Å². The van der Waals surface area contributed by atoms with E-state index in [4.69, 9.17) is 0 Å². The highest BCUT2D eigenvalue weighted by Crippen LogP contribution is 2.22. The standard InChI is InChI=1S/C16H18N4O/c1-9-10(2)19-14-5-4-12(8-13(9)14)16(21)20-11(3)15-17-6-7-18-15/h4-8,11,19H,1-3H3,(H,17,18)(H,20,21). The van der Waals surface area contributed by atoms with Crippen molar-refractivity contribution in [1.29, 1.82) is 0 Å². The summed E-state index contributed by atoms with van der Waals surface area (Å²) in [5.41, 5.74) is 4.02. The molecule has 1 aromatic carbocycles. The normalized spacial score (nSPS) is 12.5. The highest BCUT2D eigenvalue weighted by Gasteiger charge is 2.14. The first-order valence-corrected chi connectivity index (χ1v) is 6.95. The Labute approximate surface area is 122 Å². The van der Waals surface area contributed by atoms with E-state index in [0.717, 1.165) is 22.4 Å². The number of carbonyl (C=O) groups excluding carboxylic acids is 1. The predicted molar refractivity (Wildman–Crippen MR) is 82.2 cm³/mol. The number of hydrogen-bond acceptors (Lipinski definition) is 2. The lowest BCUT2D eigenvalue weighted by molar-refractivity contribution is 0.0938. The highest BCUT2D eigenvalue weighted by molar-refractivity contribution is 5.99. The Bertz CT molecular complexity index is 786. The molecule has 3 rings (SSSR count). The number of nitrogens with zero attached hydrogens (tertiary/aromatic N) is 1.